The first-order valence-electron chi connectivity index (χ1n) is 7.10. The van der Waals surface area contributed by atoms with Crippen LogP contribution in [0, 0.1) is 0 Å². The zero-order valence-electron chi connectivity index (χ0n) is 12.4. The molecule has 0 rings (SSSR count). The third kappa shape index (κ3) is 11.7. The molecule has 8 nitrogen and oxygen atoms in total. The van der Waals surface area contributed by atoms with Crippen LogP contribution >= 0.6 is 0 Å². The molecular weight excluding hydrogens is 278 g/mol. The molecule has 0 aliphatic carbocycles. The van der Waals surface area contributed by atoms with E-state index in [1.807, 2.05) is 0 Å². The van der Waals surface area contributed by atoms with Crippen LogP contribution in [0.25, 0.3) is 0 Å². The first kappa shape index (κ1) is 19.2. The molecule has 0 aromatic rings. The van der Waals surface area contributed by atoms with Crippen LogP contribution in [-0.4, -0.2) is 48.8 Å². The number of rotatable bonds is 12. The largest absolute Gasteiger partial charge is 0.480 e. The number of urea groups is 1. The van der Waals surface area contributed by atoms with E-state index >= 15 is 0 Å². The monoisotopic (exact) mass is 303 g/mol. The first-order chi connectivity index (χ1) is 9.97. The van der Waals surface area contributed by atoms with E-state index in [0.717, 1.165) is 12.8 Å². The number of carboxylic acids is 1. The quantitative estimate of drug-likeness (QED) is 0.383. The van der Waals surface area contributed by atoms with Gasteiger partial charge in [-0.05, 0) is 19.3 Å². The molecular formula is C13H25N3O5. The molecule has 0 saturated heterocycles. The number of nitrogens with one attached hydrogen (secondary N) is 2. The average molecular weight is 303 g/mol. The van der Waals surface area contributed by atoms with Crippen molar-refractivity contribution in [1.82, 2.24) is 10.6 Å². The fourth-order valence-electron chi connectivity index (χ4n) is 1.48. The van der Waals surface area contributed by atoms with Crippen LogP contribution in [0.2, 0.25) is 0 Å². The van der Waals surface area contributed by atoms with Gasteiger partial charge in [-0.15, -0.1) is 0 Å². The second-order valence-corrected chi connectivity index (χ2v) is 4.62. The Morgan fingerprint density at radius 2 is 1.90 bits per heavy atom. The lowest BCUT2D eigenvalue weighted by Gasteiger charge is -2.14. The number of carbonyl (C=O) groups excluding carboxylic acids is 2. The third-order valence-corrected chi connectivity index (χ3v) is 2.68. The highest BCUT2D eigenvalue weighted by Gasteiger charge is 2.20. The lowest BCUT2D eigenvalue weighted by molar-refractivity contribution is -0.139. The highest BCUT2D eigenvalue weighted by molar-refractivity contribution is 5.83. The molecule has 1 unspecified atom stereocenters. The minimum absolute atomic E-state index is 0.0295. The van der Waals surface area contributed by atoms with Gasteiger partial charge in [-0.1, -0.05) is 13.3 Å². The summed E-state index contributed by atoms with van der Waals surface area (Å²) in [5.74, 6) is -1.80. The van der Waals surface area contributed by atoms with E-state index in [0.29, 0.717) is 26.2 Å². The van der Waals surface area contributed by atoms with E-state index in [2.05, 4.69) is 17.6 Å². The van der Waals surface area contributed by atoms with Crippen molar-refractivity contribution >= 4 is 17.9 Å². The van der Waals surface area contributed by atoms with E-state index < -0.39 is 23.9 Å². The molecule has 0 spiro atoms. The number of amides is 3. The zero-order chi connectivity index (χ0) is 16.1. The van der Waals surface area contributed by atoms with Crippen molar-refractivity contribution in [3.63, 3.8) is 0 Å². The van der Waals surface area contributed by atoms with Gasteiger partial charge in [0.25, 0.3) is 0 Å². The summed E-state index contributed by atoms with van der Waals surface area (Å²) in [5, 5.41) is 13.7. The summed E-state index contributed by atoms with van der Waals surface area (Å²) in [6.07, 6.45) is 2.60. The van der Waals surface area contributed by atoms with Gasteiger partial charge in [-0.2, -0.15) is 0 Å². The Morgan fingerprint density at radius 1 is 1.24 bits per heavy atom. The van der Waals surface area contributed by atoms with Gasteiger partial charge >= 0.3 is 12.0 Å². The number of aliphatic carboxylic acids is 1. The minimum Gasteiger partial charge on any atom is -0.480 e. The van der Waals surface area contributed by atoms with Gasteiger partial charge in [0.05, 0.1) is 0 Å². The summed E-state index contributed by atoms with van der Waals surface area (Å²) >= 11 is 0. The normalized spacial score (nSPS) is 11.7. The summed E-state index contributed by atoms with van der Waals surface area (Å²) < 4.78 is 5.32. The van der Waals surface area contributed by atoms with Gasteiger partial charge in [-0.3, -0.25) is 4.79 Å². The van der Waals surface area contributed by atoms with Crippen LogP contribution in [0.5, 0.6) is 0 Å². The number of hydrogen-bond donors (Lipinski definition) is 4. The van der Waals surface area contributed by atoms with Gasteiger partial charge in [0, 0.05) is 26.2 Å². The molecule has 0 aromatic heterocycles. The second kappa shape index (κ2) is 12.0. The fourth-order valence-corrected chi connectivity index (χ4v) is 1.48. The predicted octanol–water partition coefficient (Wildman–Crippen LogP) is 0.211. The number of nitrogens with two attached hydrogens (primary N) is 1. The van der Waals surface area contributed by atoms with Crippen molar-refractivity contribution in [3.05, 3.63) is 0 Å². The highest BCUT2D eigenvalue weighted by Crippen LogP contribution is 1.97. The summed E-state index contributed by atoms with van der Waals surface area (Å²) in [4.78, 5) is 33.0. The molecule has 21 heavy (non-hydrogen) atoms. The van der Waals surface area contributed by atoms with E-state index in [9.17, 15) is 14.4 Å². The van der Waals surface area contributed by atoms with Crippen molar-refractivity contribution in [2.75, 3.05) is 19.8 Å². The summed E-state index contributed by atoms with van der Waals surface area (Å²) in [7, 11) is 0. The Labute approximate surface area is 124 Å². The van der Waals surface area contributed by atoms with E-state index in [4.69, 9.17) is 15.6 Å². The Bertz CT molecular complexity index is 336. The third-order valence-electron chi connectivity index (χ3n) is 2.68. The molecule has 0 heterocycles. The Hall–Kier alpha value is -1.83. The SMILES string of the molecule is CCCCOCCCNC(=O)NC(CCC(N)=O)C(=O)O. The highest BCUT2D eigenvalue weighted by atomic mass is 16.5. The summed E-state index contributed by atoms with van der Waals surface area (Å²) in [6, 6.07) is -1.71. The first-order valence-corrected chi connectivity index (χ1v) is 7.10. The minimum atomic E-state index is -1.20. The van der Waals surface area contributed by atoms with Crippen LogP contribution in [0.1, 0.15) is 39.0 Å². The molecule has 3 amide bonds. The van der Waals surface area contributed by atoms with Crippen LogP contribution in [0.3, 0.4) is 0 Å². The van der Waals surface area contributed by atoms with Crippen molar-refractivity contribution < 1.29 is 24.2 Å². The lowest BCUT2D eigenvalue weighted by Crippen LogP contribution is -2.46. The van der Waals surface area contributed by atoms with Crippen LogP contribution < -0.4 is 16.4 Å². The van der Waals surface area contributed by atoms with E-state index in [1.54, 1.807) is 0 Å². The summed E-state index contributed by atoms with van der Waals surface area (Å²) in [5.41, 5.74) is 4.95. The Balaban J connectivity index is 3.78. The van der Waals surface area contributed by atoms with Gasteiger partial charge in [0.15, 0.2) is 0 Å². The number of carboxylic acid groups (broad SMARTS) is 1. The van der Waals surface area contributed by atoms with Gasteiger partial charge in [0.2, 0.25) is 5.91 Å². The van der Waals surface area contributed by atoms with Crippen molar-refractivity contribution in [2.45, 2.75) is 45.1 Å². The molecule has 0 radical (unpaired) electrons. The molecule has 8 heteroatoms. The van der Waals surface area contributed by atoms with Crippen LogP contribution in [0.4, 0.5) is 4.79 Å². The van der Waals surface area contributed by atoms with Crippen LogP contribution in [0.15, 0.2) is 0 Å². The molecule has 0 fully saturated rings. The van der Waals surface area contributed by atoms with Gasteiger partial charge in [0.1, 0.15) is 6.04 Å². The molecule has 0 bridgehead atoms. The molecule has 0 aromatic carbocycles. The number of hydrogen-bond acceptors (Lipinski definition) is 4. The topological polar surface area (TPSA) is 131 Å². The van der Waals surface area contributed by atoms with E-state index in [-0.39, 0.29) is 12.8 Å². The standard InChI is InChI=1S/C13H25N3O5/c1-2-3-8-21-9-4-7-15-13(20)16-10(12(18)19)5-6-11(14)17/h10H,2-9H2,1H3,(H2,14,17)(H,18,19)(H2,15,16,20). The van der Waals surface area contributed by atoms with Crippen molar-refractivity contribution in [2.24, 2.45) is 5.73 Å². The maximum Gasteiger partial charge on any atom is 0.326 e. The molecule has 122 valence electrons. The van der Waals surface area contributed by atoms with Gasteiger partial charge in [-0.25, -0.2) is 9.59 Å². The predicted molar refractivity (Wildman–Crippen MR) is 76.7 cm³/mol. The maximum atomic E-state index is 11.5. The van der Waals surface area contributed by atoms with Crippen molar-refractivity contribution in [1.29, 1.82) is 0 Å². The summed E-state index contributed by atoms with van der Waals surface area (Å²) in [6.45, 7) is 3.72. The average Bonchev–Trinajstić information content (AvgIpc) is 2.41. The molecule has 5 N–H and O–H groups in total. The van der Waals surface area contributed by atoms with Gasteiger partial charge < -0.3 is 26.2 Å². The van der Waals surface area contributed by atoms with E-state index in [1.165, 1.54) is 0 Å². The zero-order valence-corrected chi connectivity index (χ0v) is 12.4. The maximum absolute atomic E-state index is 11.5. The number of ether oxygens (including phenoxy) is 1. The smallest absolute Gasteiger partial charge is 0.326 e. The number of carbonyl (C=O) groups is 3. The number of primary amides is 1. The lowest BCUT2D eigenvalue weighted by atomic mass is 10.1. The second-order valence-electron chi connectivity index (χ2n) is 4.62. The Morgan fingerprint density at radius 3 is 2.48 bits per heavy atom. The number of unbranched alkanes of at least 4 members (excludes halogenated alkanes) is 1. The molecule has 0 aliphatic rings. The van der Waals surface area contributed by atoms with Crippen molar-refractivity contribution in [3.8, 4) is 0 Å². The fraction of sp³-hybridized carbons (Fsp3) is 0.769. The Kier molecular flexibility index (Phi) is 10.9. The molecule has 1 atom stereocenters. The van der Waals surface area contributed by atoms with Crippen LogP contribution in [-0.2, 0) is 14.3 Å². The molecule has 0 saturated carbocycles. The molecule has 0 aliphatic heterocycles.